The van der Waals surface area contributed by atoms with Crippen molar-refractivity contribution in [3.05, 3.63) is 52.6 Å². The Morgan fingerprint density at radius 2 is 2.08 bits per heavy atom. The Hall–Kier alpha value is -1.65. The minimum atomic E-state index is -0.595. The normalized spacial score (nSPS) is 12.7. The summed E-state index contributed by atoms with van der Waals surface area (Å²) < 4.78 is 6.71. The van der Waals surface area contributed by atoms with Gasteiger partial charge in [-0.15, -0.1) is 35.3 Å². The lowest BCUT2D eigenvalue weighted by molar-refractivity contribution is 0.184. The molecule has 0 amide bonds. The Morgan fingerprint density at radius 1 is 1.31 bits per heavy atom. The molecule has 26 heavy (non-hydrogen) atoms. The molecule has 0 aliphatic rings. The third-order valence-electron chi connectivity index (χ3n) is 3.94. The van der Waals surface area contributed by atoms with Gasteiger partial charge < -0.3 is 20.2 Å². The maximum Gasteiger partial charge on any atom is 0.214 e. The standard InChI is InChI=1S/C18H22N4O2S.HI/c1-11-12(2)24-17(22-11)10-21-18(19-3)20-9-14(23)16-8-13-6-4-5-7-15(13)25-16;/h4-8,14,23H,9-10H2,1-3H3,(H2,19,20,21);1H. The summed E-state index contributed by atoms with van der Waals surface area (Å²) in [5.74, 6) is 2.02. The van der Waals surface area contributed by atoms with E-state index < -0.39 is 6.10 Å². The van der Waals surface area contributed by atoms with Crippen LogP contribution in [0.25, 0.3) is 10.1 Å². The van der Waals surface area contributed by atoms with Crippen molar-refractivity contribution in [2.24, 2.45) is 4.99 Å². The zero-order chi connectivity index (χ0) is 17.8. The number of thiophene rings is 1. The highest BCUT2D eigenvalue weighted by Gasteiger charge is 2.12. The molecule has 0 aliphatic carbocycles. The number of aliphatic imine (C=N–C) groups is 1. The molecule has 1 unspecified atom stereocenters. The van der Waals surface area contributed by atoms with Crippen LogP contribution in [0.3, 0.4) is 0 Å². The van der Waals surface area contributed by atoms with Gasteiger partial charge >= 0.3 is 0 Å². The molecule has 0 bridgehead atoms. The summed E-state index contributed by atoms with van der Waals surface area (Å²) in [6.45, 7) is 4.61. The highest BCUT2D eigenvalue weighted by Crippen LogP contribution is 2.29. The van der Waals surface area contributed by atoms with Crippen LogP contribution in [0.5, 0.6) is 0 Å². The molecule has 1 aromatic carbocycles. The van der Waals surface area contributed by atoms with E-state index in [-0.39, 0.29) is 24.0 Å². The SMILES string of the molecule is CN=C(NCc1nc(C)c(C)o1)NCC(O)c1cc2ccccc2s1.I. The number of fused-ring (bicyclic) bond motifs is 1. The van der Waals surface area contributed by atoms with E-state index in [9.17, 15) is 5.11 Å². The number of guanidine groups is 1. The van der Waals surface area contributed by atoms with Gasteiger partial charge in [0.1, 0.15) is 11.9 Å². The van der Waals surface area contributed by atoms with Gasteiger partial charge in [-0.3, -0.25) is 4.99 Å². The van der Waals surface area contributed by atoms with Crippen LogP contribution in [0, 0.1) is 13.8 Å². The lowest BCUT2D eigenvalue weighted by Gasteiger charge is -2.13. The van der Waals surface area contributed by atoms with Gasteiger partial charge in [-0.2, -0.15) is 0 Å². The first-order chi connectivity index (χ1) is 12.1. The molecule has 140 valence electrons. The molecule has 0 fully saturated rings. The van der Waals surface area contributed by atoms with Gasteiger partial charge in [0.05, 0.1) is 12.2 Å². The van der Waals surface area contributed by atoms with Crippen LogP contribution in [0.4, 0.5) is 0 Å². The van der Waals surface area contributed by atoms with E-state index >= 15 is 0 Å². The van der Waals surface area contributed by atoms with E-state index in [1.807, 2.05) is 32.0 Å². The number of nitrogens with zero attached hydrogens (tertiary/aromatic N) is 2. The lowest BCUT2D eigenvalue weighted by Crippen LogP contribution is -2.38. The molecule has 3 aromatic rings. The van der Waals surface area contributed by atoms with E-state index in [1.165, 1.54) is 4.70 Å². The third-order valence-corrected chi connectivity index (χ3v) is 5.16. The first-order valence-corrected chi connectivity index (χ1v) is 8.92. The first-order valence-electron chi connectivity index (χ1n) is 8.11. The van der Waals surface area contributed by atoms with Crippen LogP contribution in [-0.2, 0) is 6.54 Å². The van der Waals surface area contributed by atoms with Gasteiger partial charge in [-0.25, -0.2) is 4.98 Å². The van der Waals surface area contributed by atoms with Crippen molar-refractivity contribution >= 4 is 51.4 Å². The molecule has 8 heteroatoms. The van der Waals surface area contributed by atoms with E-state index in [2.05, 4.69) is 32.7 Å². The topological polar surface area (TPSA) is 82.7 Å². The van der Waals surface area contributed by atoms with Crippen LogP contribution in [0.15, 0.2) is 39.7 Å². The van der Waals surface area contributed by atoms with Crippen LogP contribution >= 0.6 is 35.3 Å². The van der Waals surface area contributed by atoms with Crippen LogP contribution in [0.2, 0.25) is 0 Å². The molecule has 6 nitrogen and oxygen atoms in total. The Labute approximate surface area is 173 Å². The molecule has 1 atom stereocenters. The van der Waals surface area contributed by atoms with Gasteiger partial charge in [-0.1, -0.05) is 18.2 Å². The van der Waals surface area contributed by atoms with Crippen molar-refractivity contribution in [3.63, 3.8) is 0 Å². The van der Waals surface area contributed by atoms with Crippen LogP contribution < -0.4 is 10.6 Å². The monoisotopic (exact) mass is 486 g/mol. The molecular formula is C18H23IN4O2S. The number of nitrogens with one attached hydrogen (secondary N) is 2. The Balaban J connectivity index is 0.00000243. The number of aryl methyl sites for hydroxylation is 2. The average Bonchev–Trinajstić information content (AvgIpc) is 3.18. The summed E-state index contributed by atoms with van der Waals surface area (Å²) >= 11 is 1.60. The molecule has 0 aliphatic heterocycles. The summed E-state index contributed by atoms with van der Waals surface area (Å²) in [6.07, 6.45) is -0.595. The van der Waals surface area contributed by atoms with E-state index in [4.69, 9.17) is 4.42 Å². The molecule has 3 rings (SSSR count). The summed E-state index contributed by atoms with van der Waals surface area (Å²) in [4.78, 5) is 9.42. The van der Waals surface area contributed by atoms with Gasteiger partial charge in [0, 0.05) is 23.2 Å². The Bertz CT molecular complexity index is 838. The molecule has 0 saturated heterocycles. The molecule has 2 heterocycles. The maximum absolute atomic E-state index is 10.4. The quantitative estimate of drug-likeness (QED) is 0.292. The van der Waals surface area contributed by atoms with Crippen molar-refractivity contribution < 1.29 is 9.52 Å². The van der Waals surface area contributed by atoms with E-state index in [0.717, 1.165) is 21.7 Å². The largest absolute Gasteiger partial charge is 0.444 e. The summed E-state index contributed by atoms with van der Waals surface area (Å²) in [5.41, 5.74) is 0.889. The Morgan fingerprint density at radius 3 is 2.73 bits per heavy atom. The number of aliphatic hydroxyl groups is 1. The second kappa shape index (κ2) is 9.33. The van der Waals surface area contributed by atoms with Crippen molar-refractivity contribution in [1.29, 1.82) is 0 Å². The van der Waals surface area contributed by atoms with E-state index in [0.29, 0.717) is 24.9 Å². The fraction of sp³-hybridized carbons (Fsp3) is 0.333. The molecule has 0 spiro atoms. The molecule has 0 radical (unpaired) electrons. The molecule has 2 aromatic heterocycles. The highest BCUT2D eigenvalue weighted by molar-refractivity contribution is 14.0. The zero-order valence-electron chi connectivity index (χ0n) is 14.9. The van der Waals surface area contributed by atoms with Gasteiger partial charge in [0.15, 0.2) is 5.96 Å². The highest BCUT2D eigenvalue weighted by atomic mass is 127. The average molecular weight is 486 g/mol. The zero-order valence-corrected chi connectivity index (χ0v) is 18.1. The predicted molar refractivity (Wildman–Crippen MR) is 116 cm³/mol. The van der Waals surface area contributed by atoms with Crippen molar-refractivity contribution in [1.82, 2.24) is 15.6 Å². The first kappa shape index (κ1) is 20.7. The fourth-order valence-electron chi connectivity index (χ4n) is 2.46. The molecular weight excluding hydrogens is 463 g/mol. The van der Waals surface area contributed by atoms with Gasteiger partial charge in [-0.05, 0) is 31.4 Å². The van der Waals surface area contributed by atoms with Crippen LogP contribution in [0.1, 0.15) is 28.3 Å². The van der Waals surface area contributed by atoms with Crippen molar-refractivity contribution in [2.45, 2.75) is 26.5 Å². The minimum absolute atomic E-state index is 0. The number of benzene rings is 1. The number of aromatic nitrogens is 1. The van der Waals surface area contributed by atoms with Crippen molar-refractivity contribution in [3.8, 4) is 0 Å². The smallest absolute Gasteiger partial charge is 0.214 e. The number of rotatable bonds is 5. The van der Waals surface area contributed by atoms with Gasteiger partial charge in [0.25, 0.3) is 0 Å². The molecule has 3 N–H and O–H groups in total. The lowest BCUT2D eigenvalue weighted by atomic mass is 10.2. The van der Waals surface area contributed by atoms with Gasteiger partial charge in [0.2, 0.25) is 5.89 Å². The predicted octanol–water partition coefficient (Wildman–Crippen LogP) is 3.52. The Kier molecular flexibility index (Phi) is 7.42. The molecule has 0 saturated carbocycles. The number of halogens is 1. The van der Waals surface area contributed by atoms with E-state index in [1.54, 1.807) is 18.4 Å². The number of aliphatic hydroxyl groups excluding tert-OH is 1. The summed E-state index contributed by atoms with van der Waals surface area (Å²) in [7, 11) is 1.69. The van der Waals surface area contributed by atoms with Crippen molar-refractivity contribution in [2.75, 3.05) is 13.6 Å². The van der Waals surface area contributed by atoms with Crippen LogP contribution in [-0.4, -0.2) is 29.6 Å². The minimum Gasteiger partial charge on any atom is -0.444 e. The second-order valence-electron chi connectivity index (χ2n) is 5.76. The summed E-state index contributed by atoms with van der Waals surface area (Å²) in [5, 5.41) is 17.8. The number of hydrogen-bond donors (Lipinski definition) is 3. The number of hydrogen-bond acceptors (Lipinski definition) is 5. The fourth-order valence-corrected chi connectivity index (χ4v) is 3.51. The number of oxazole rings is 1. The third kappa shape index (κ3) is 4.95. The maximum atomic E-state index is 10.4. The second-order valence-corrected chi connectivity index (χ2v) is 6.87. The summed E-state index contributed by atoms with van der Waals surface area (Å²) in [6, 6.07) is 10.1.